The smallest absolute Gasteiger partial charge is 0.336 e. The minimum Gasteiger partial charge on any atom is -0.467 e. The molecule has 1 heterocycles. The summed E-state index contributed by atoms with van der Waals surface area (Å²) in [5.74, 6) is -1.61. The summed E-state index contributed by atoms with van der Waals surface area (Å²) in [7, 11) is -2.89. The van der Waals surface area contributed by atoms with Crippen LogP contribution >= 0.6 is 0 Å². The summed E-state index contributed by atoms with van der Waals surface area (Å²) < 4.78 is 49.3. The minimum absolute atomic E-state index is 0.0234. The second-order valence-electron chi connectivity index (χ2n) is 4.44. The molecule has 1 aliphatic heterocycles. The van der Waals surface area contributed by atoms with E-state index in [4.69, 9.17) is 10.5 Å². The van der Waals surface area contributed by atoms with Gasteiger partial charge in [0.25, 0.3) is 0 Å². The number of ether oxygens (including phenoxy) is 2. The fraction of sp³-hybridized carbons (Fsp3) is 0.417. The van der Waals surface area contributed by atoms with Gasteiger partial charge in [-0.05, 0) is 18.2 Å². The summed E-state index contributed by atoms with van der Waals surface area (Å²) in [6.07, 6.45) is -1.02. The number of hydrogen-bond acceptors (Lipinski definition) is 6. The third kappa shape index (κ3) is 3.14. The number of morpholine rings is 1. The monoisotopic (exact) mass is 318 g/mol. The van der Waals surface area contributed by atoms with Crippen LogP contribution in [-0.4, -0.2) is 51.6 Å². The van der Waals surface area contributed by atoms with Crippen LogP contribution in [0.15, 0.2) is 23.1 Å². The van der Waals surface area contributed by atoms with E-state index in [1.165, 1.54) is 13.2 Å². The molecule has 1 aromatic carbocycles. The summed E-state index contributed by atoms with van der Waals surface area (Å²) in [6, 6.07) is 3.34. The lowest BCUT2D eigenvalue weighted by Crippen LogP contribution is -2.48. The number of sulfonamides is 1. The first-order valence-electron chi connectivity index (χ1n) is 6.11. The van der Waals surface area contributed by atoms with Crippen LogP contribution in [0.25, 0.3) is 0 Å². The molecular weight excluding hydrogens is 303 g/mol. The molecule has 0 radical (unpaired) electrons. The van der Waals surface area contributed by atoms with Gasteiger partial charge in [0.05, 0.1) is 20.3 Å². The zero-order chi connectivity index (χ0) is 15.6. The second kappa shape index (κ2) is 5.96. The molecule has 1 saturated heterocycles. The lowest BCUT2D eigenvalue weighted by molar-refractivity contribution is -0.157. The molecule has 116 valence electrons. The molecule has 0 bridgehead atoms. The van der Waals surface area contributed by atoms with E-state index in [-0.39, 0.29) is 25.4 Å². The molecule has 1 fully saturated rings. The van der Waals surface area contributed by atoms with Crippen LogP contribution in [0, 0.1) is 5.82 Å². The number of anilines is 1. The van der Waals surface area contributed by atoms with Crippen LogP contribution in [0.3, 0.4) is 0 Å². The van der Waals surface area contributed by atoms with Crippen LogP contribution in [0.2, 0.25) is 0 Å². The Bertz CT molecular complexity index is 649. The van der Waals surface area contributed by atoms with Gasteiger partial charge in [-0.25, -0.2) is 17.6 Å². The standard InChI is InChI=1S/C12H15FN2O5S/c1-19-12(16)10-7-15(4-5-20-10)21(17,18)11-3-2-8(14)6-9(11)13/h2-3,6,10H,4-5,7,14H2,1H3. The summed E-state index contributed by atoms with van der Waals surface area (Å²) in [5.41, 5.74) is 5.53. The molecule has 0 aliphatic carbocycles. The fourth-order valence-corrected chi connectivity index (χ4v) is 3.45. The molecule has 1 aliphatic rings. The van der Waals surface area contributed by atoms with Gasteiger partial charge in [-0.3, -0.25) is 0 Å². The Morgan fingerprint density at radius 2 is 2.24 bits per heavy atom. The van der Waals surface area contributed by atoms with Gasteiger partial charge in [0.15, 0.2) is 6.10 Å². The summed E-state index contributed by atoms with van der Waals surface area (Å²) in [6.45, 7) is -0.173. The molecule has 0 amide bonds. The van der Waals surface area contributed by atoms with Gasteiger partial charge in [0, 0.05) is 12.2 Å². The van der Waals surface area contributed by atoms with Crippen molar-refractivity contribution in [2.75, 3.05) is 32.5 Å². The van der Waals surface area contributed by atoms with E-state index in [1.54, 1.807) is 0 Å². The molecule has 1 atom stereocenters. The number of nitrogens with two attached hydrogens (primary N) is 1. The van der Waals surface area contributed by atoms with Crippen molar-refractivity contribution >= 4 is 21.7 Å². The van der Waals surface area contributed by atoms with Crippen molar-refractivity contribution in [3.05, 3.63) is 24.0 Å². The van der Waals surface area contributed by atoms with Crippen LogP contribution in [0.1, 0.15) is 0 Å². The first-order chi connectivity index (χ1) is 9.86. The van der Waals surface area contributed by atoms with Crippen LogP contribution in [0.4, 0.5) is 10.1 Å². The maximum atomic E-state index is 13.8. The molecule has 0 saturated carbocycles. The van der Waals surface area contributed by atoms with Gasteiger partial charge in [-0.15, -0.1) is 0 Å². The maximum Gasteiger partial charge on any atom is 0.336 e. The number of rotatable bonds is 3. The summed E-state index contributed by atoms with van der Waals surface area (Å²) >= 11 is 0. The van der Waals surface area contributed by atoms with Gasteiger partial charge < -0.3 is 15.2 Å². The lowest BCUT2D eigenvalue weighted by atomic mass is 10.3. The Balaban J connectivity index is 2.28. The van der Waals surface area contributed by atoms with E-state index in [9.17, 15) is 17.6 Å². The highest BCUT2D eigenvalue weighted by Crippen LogP contribution is 2.23. The Kier molecular flexibility index (Phi) is 4.45. The highest BCUT2D eigenvalue weighted by atomic mass is 32.2. The van der Waals surface area contributed by atoms with Gasteiger partial charge in [0.1, 0.15) is 10.7 Å². The molecule has 2 rings (SSSR count). The lowest BCUT2D eigenvalue weighted by Gasteiger charge is -2.30. The first kappa shape index (κ1) is 15.7. The SMILES string of the molecule is COC(=O)C1CN(S(=O)(=O)c2ccc(N)cc2F)CCO1. The maximum absolute atomic E-state index is 13.8. The number of nitrogen functional groups attached to an aromatic ring is 1. The third-order valence-electron chi connectivity index (χ3n) is 3.07. The number of halogens is 1. The molecule has 0 spiro atoms. The average Bonchev–Trinajstić information content (AvgIpc) is 2.46. The van der Waals surface area contributed by atoms with Crippen molar-refractivity contribution in [1.29, 1.82) is 0 Å². The predicted octanol–water partition coefficient (Wildman–Crippen LogP) is -0.0296. The highest BCUT2D eigenvalue weighted by molar-refractivity contribution is 7.89. The Morgan fingerprint density at radius 1 is 1.52 bits per heavy atom. The van der Waals surface area contributed by atoms with Crippen LogP contribution < -0.4 is 5.73 Å². The molecular formula is C12H15FN2O5S. The zero-order valence-corrected chi connectivity index (χ0v) is 12.1. The van der Waals surface area contributed by atoms with E-state index in [2.05, 4.69) is 4.74 Å². The van der Waals surface area contributed by atoms with E-state index in [1.807, 2.05) is 0 Å². The van der Waals surface area contributed by atoms with Gasteiger partial charge in [-0.1, -0.05) is 0 Å². The van der Waals surface area contributed by atoms with E-state index >= 15 is 0 Å². The average molecular weight is 318 g/mol. The number of nitrogens with zero attached hydrogens (tertiary/aromatic N) is 1. The number of hydrogen-bond donors (Lipinski definition) is 1. The van der Waals surface area contributed by atoms with Crippen molar-refractivity contribution in [1.82, 2.24) is 4.31 Å². The van der Waals surface area contributed by atoms with Crippen molar-refractivity contribution in [2.24, 2.45) is 0 Å². The van der Waals surface area contributed by atoms with Crippen LogP contribution in [0.5, 0.6) is 0 Å². The Labute approximate surface area is 121 Å². The number of benzene rings is 1. The molecule has 1 unspecified atom stereocenters. The topological polar surface area (TPSA) is 98.9 Å². The summed E-state index contributed by atoms with van der Waals surface area (Å²) in [4.78, 5) is 10.9. The predicted molar refractivity (Wildman–Crippen MR) is 71.3 cm³/mol. The van der Waals surface area contributed by atoms with Gasteiger partial charge >= 0.3 is 5.97 Å². The van der Waals surface area contributed by atoms with Gasteiger partial charge in [0.2, 0.25) is 10.0 Å². The molecule has 9 heteroatoms. The third-order valence-corrected chi connectivity index (χ3v) is 4.97. The van der Waals surface area contributed by atoms with Crippen molar-refractivity contribution in [3.8, 4) is 0 Å². The number of carbonyl (C=O) groups excluding carboxylic acids is 1. The van der Waals surface area contributed by atoms with Crippen molar-refractivity contribution in [3.63, 3.8) is 0 Å². The number of carbonyl (C=O) groups is 1. The molecule has 2 N–H and O–H groups in total. The van der Waals surface area contributed by atoms with E-state index < -0.39 is 32.8 Å². The van der Waals surface area contributed by atoms with Gasteiger partial charge in [-0.2, -0.15) is 4.31 Å². The molecule has 1 aromatic rings. The minimum atomic E-state index is -4.07. The number of methoxy groups -OCH3 is 1. The largest absolute Gasteiger partial charge is 0.467 e. The van der Waals surface area contributed by atoms with E-state index in [0.717, 1.165) is 16.4 Å². The quantitative estimate of drug-likeness (QED) is 0.621. The molecule has 7 nitrogen and oxygen atoms in total. The Hall–Kier alpha value is -1.71. The van der Waals surface area contributed by atoms with Crippen molar-refractivity contribution in [2.45, 2.75) is 11.0 Å². The normalized spacial score (nSPS) is 20.2. The molecule has 21 heavy (non-hydrogen) atoms. The fourth-order valence-electron chi connectivity index (χ4n) is 1.98. The second-order valence-corrected chi connectivity index (χ2v) is 6.34. The highest BCUT2D eigenvalue weighted by Gasteiger charge is 2.35. The van der Waals surface area contributed by atoms with Crippen LogP contribution in [-0.2, 0) is 24.3 Å². The van der Waals surface area contributed by atoms with E-state index in [0.29, 0.717) is 0 Å². The Morgan fingerprint density at radius 3 is 2.86 bits per heavy atom. The first-order valence-corrected chi connectivity index (χ1v) is 7.55. The zero-order valence-electron chi connectivity index (χ0n) is 11.3. The molecule has 0 aromatic heterocycles. The number of esters is 1. The summed E-state index contributed by atoms with van der Waals surface area (Å²) in [5, 5.41) is 0. The van der Waals surface area contributed by atoms with Crippen molar-refractivity contribution < 1.29 is 27.1 Å².